The average Bonchev–Trinajstić information content (AvgIpc) is 2.82. The van der Waals surface area contributed by atoms with Gasteiger partial charge in [0, 0.05) is 18.9 Å². The molecule has 90 valence electrons. The molecule has 0 spiro atoms. The first-order valence-electron chi connectivity index (χ1n) is 6.18. The fourth-order valence-corrected chi connectivity index (χ4v) is 1.57. The van der Waals surface area contributed by atoms with Crippen molar-refractivity contribution in [3.8, 4) is 0 Å². The molecule has 0 bridgehead atoms. The van der Waals surface area contributed by atoms with Crippen molar-refractivity contribution in [3.63, 3.8) is 0 Å². The van der Waals surface area contributed by atoms with E-state index >= 15 is 0 Å². The molecule has 2 nitrogen and oxygen atoms in total. The summed E-state index contributed by atoms with van der Waals surface area (Å²) in [6.45, 7) is 8.79. The van der Waals surface area contributed by atoms with Gasteiger partial charge in [0.05, 0.1) is 0 Å². The van der Waals surface area contributed by atoms with Gasteiger partial charge in [-0.1, -0.05) is 58.0 Å². The molecule has 1 N–H and O–H groups in total. The Hall–Kier alpha value is -1.31. The Kier molecular flexibility index (Phi) is 8.22. The molecule has 1 amide bonds. The number of hydrogen-bond acceptors (Lipinski definition) is 1. The first kappa shape index (κ1) is 14.7. The molecule has 1 aliphatic rings. The maximum Gasteiger partial charge on any atom is 0.220 e. The Balaban J connectivity index is 0.000000509. The second-order valence-corrected chi connectivity index (χ2v) is 3.12. The smallest absolute Gasteiger partial charge is 0.220 e. The highest BCUT2D eigenvalue weighted by Gasteiger charge is 2.22. The molecule has 1 atom stereocenters. The summed E-state index contributed by atoms with van der Waals surface area (Å²) in [4.78, 5) is 10.9. The number of carbonyl (C=O) groups is 1. The largest absolute Gasteiger partial charge is 0.355 e. The summed E-state index contributed by atoms with van der Waals surface area (Å²) in [5.41, 5.74) is 1.26. The van der Waals surface area contributed by atoms with Gasteiger partial charge in [-0.15, -0.1) is 0 Å². The van der Waals surface area contributed by atoms with E-state index < -0.39 is 0 Å². The van der Waals surface area contributed by atoms with Crippen LogP contribution in [-0.4, -0.2) is 12.5 Å². The maximum atomic E-state index is 10.9. The molecule has 1 aliphatic heterocycles. The highest BCUT2D eigenvalue weighted by molar-refractivity contribution is 5.79. The average molecular weight is 221 g/mol. The van der Waals surface area contributed by atoms with Gasteiger partial charge in [-0.25, -0.2) is 0 Å². The predicted molar refractivity (Wildman–Crippen MR) is 69.5 cm³/mol. The predicted octanol–water partition coefficient (Wildman–Crippen LogP) is 3.34. The van der Waals surface area contributed by atoms with E-state index in [1.165, 1.54) is 5.56 Å². The minimum atomic E-state index is 0.170. The number of carbonyl (C=O) groups excluding carboxylic acids is 1. The minimum Gasteiger partial charge on any atom is -0.355 e. The Morgan fingerprint density at radius 1 is 1.06 bits per heavy atom. The number of benzene rings is 1. The molecule has 1 unspecified atom stereocenters. The van der Waals surface area contributed by atoms with Crippen molar-refractivity contribution >= 4 is 5.91 Å². The van der Waals surface area contributed by atoms with E-state index in [0.717, 1.165) is 6.54 Å². The van der Waals surface area contributed by atoms with E-state index in [4.69, 9.17) is 0 Å². The summed E-state index contributed by atoms with van der Waals surface area (Å²) in [5.74, 6) is 0.558. The van der Waals surface area contributed by atoms with Crippen LogP contribution in [0.1, 0.15) is 45.6 Å². The van der Waals surface area contributed by atoms with Crippen molar-refractivity contribution < 1.29 is 4.79 Å². The standard InChI is InChI=1S/C10H11NO.2C2H6/c12-10-6-9(7-11-10)8-4-2-1-3-5-8;2*1-2/h1-5,9H,6-7H2,(H,11,12);2*1-2H3. The van der Waals surface area contributed by atoms with Gasteiger partial charge in [0.1, 0.15) is 0 Å². The first-order valence-corrected chi connectivity index (χ1v) is 6.18. The Morgan fingerprint density at radius 2 is 1.62 bits per heavy atom. The van der Waals surface area contributed by atoms with Crippen LogP contribution >= 0.6 is 0 Å². The topological polar surface area (TPSA) is 29.1 Å². The van der Waals surface area contributed by atoms with Gasteiger partial charge >= 0.3 is 0 Å². The molecule has 2 rings (SSSR count). The zero-order valence-corrected chi connectivity index (χ0v) is 10.8. The summed E-state index contributed by atoms with van der Waals surface area (Å²) < 4.78 is 0. The van der Waals surface area contributed by atoms with Gasteiger partial charge in [-0.05, 0) is 5.56 Å². The zero-order chi connectivity index (χ0) is 12.4. The summed E-state index contributed by atoms with van der Waals surface area (Å²) >= 11 is 0. The van der Waals surface area contributed by atoms with Crippen molar-refractivity contribution in [1.82, 2.24) is 5.32 Å². The molecule has 0 saturated carbocycles. The lowest BCUT2D eigenvalue weighted by Gasteiger charge is -2.05. The second-order valence-electron chi connectivity index (χ2n) is 3.12. The van der Waals surface area contributed by atoms with Gasteiger partial charge < -0.3 is 5.32 Å². The second kappa shape index (κ2) is 8.96. The van der Waals surface area contributed by atoms with Gasteiger partial charge in [0.2, 0.25) is 5.91 Å². The van der Waals surface area contributed by atoms with Gasteiger partial charge in [-0.2, -0.15) is 0 Å². The molecule has 1 aromatic rings. The van der Waals surface area contributed by atoms with E-state index in [0.29, 0.717) is 12.3 Å². The first-order chi connectivity index (χ1) is 7.86. The van der Waals surface area contributed by atoms with Gasteiger partial charge in [0.15, 0.2) is 0 Å². The quantitative estimate of drug-likeness (QED) is 0.774. The minimum absolute atomic E-state index is 0.170. The third-order valence-corrected chi connectivity index (χ3v) is 2.25. The molecule has 1 saturated heterocycles. The van der Waals surface area contributed by atoms with Crippen LogP contribution in [0.2, 0.25) is 0 Å². The van der Waals surface area contributed by atoms with Crippen LogP contribution in [-0.2, 0) is 4.79 Å². The number of hydrogen-bond donors (Lipinski definition) is 1. The Bertz CT molecular complexity index is 282. The maximum absolute atomic E-state index is 10.9. The molecule has 0 radical (unpaired) electrons. The van der Waals surface area contributed by atoms with Crippen molar-refractivity contribution in [2.75, 3.05) is 6.54 Å². The molecule has 0 aliphatic carbocycles. The van der Waals surface area contributed by atoms with Crippen LogP contribution in [0.25, 0.3) is 0 Å². The SMILES string of the molecule is CC.CC.O=C1CC(c2ccccc2)CN1. The number of nitrogens with one attached hydrogen (secondary N) is 1. The van der Waals surface area contributed by atoms with Crippen molar-refractivity contribution in [2.45, 2.75) is 40.0 Å². The van der Waals surface area contributed by atoms with E-state index in [1.807, 2.05) is 45.9 Å². The molecule has 0 aromatic heterocycles. The third-order valence-electron chi connectivity index (χ3n) is 2.25. The fraction of sp³-hybridized carbons (Fsp3) is 0.500. The molecule has 1 heterocycles. The van der Waals surface area contributed by atoms with Crippen LogP contribution in [0, 0.1) is 0 Å². The van der Waals surface area contributed by atoms with Gasteiger partial charge in [-0.3, -0.25) is 4.79 Å². The van der Waals surface area contributed by atoms with E-state index in [1.54, 1.807) is 0 Å². The third kappa shape index (κ3) is 4.47. The molecule has 2 heteroatoms. The van der Waals surface area contributed by atoms with E-state index in [9.17, 15) is 4.79 Å². The van der Waals surface area contributed by atoms with E-state index in [-0.39, 0.29) is 5.91 Å². The number of rotatable bonds is 1. The summed E-state index contributed by atoms with van der Waals surface area (Å²) in [7, 11) is 0. The highest BCUT2D eigenvalue weighted by Crippen LogP contribution is 2.21. The van der Waals surface area contributed by atoms with Crippen LogP contribution < -0.4 is 5.32 Å². The van der Waals surface area contributed by atoms with Crippen molar-refractivity contribution in [3.05, 3.63) is 35.9 Å². The fourth-order valence-electron chi connectivity index (χ4n) is 1.57. The zero-order valence-electron chi connectivity index (χ0n) is 10.8. The Labute approximate surface area is 99.1 Å². The highest BCUT2D eigenvalue weighted by atomic mass is 16.1. The lowest BCUT2D eigenvalue weighted by molar-refractivity contribution is -0.119. The lowest BCUT2D eigenvalue weighted by Crippen LogP contribution is -2.13. The van der Waals surface area contributed by atoms with Crippen molar-refractivity contribution in [1.29, 1.82) is 0 Å². The molecular weight excluding hydrogens is 198 g/mol. The lowest BCUT2D eigenvalue weighted by atomic mass is 9.99. The summed E-state index contributed by atoms with van der Waals surface area (Å²) in [6.07, 6.45) is 0.643. The summed E-state index contributed by atoms with van der Waals surface area (Å²) in [5, 5.41) is 2.83. The summed E-state index contributed by atoms with van der Waals surface area (Å²) in [6, 6.07) is 10.2. The van der Waals surface area contributed by atoms with Crippen LogP contribution in [0.4, 0.5) is 0 Å². The Morgan fingerprint density at radius 3 is 2.06 bits per heavy atom. The van der Waals surface area contributed by atoms with Crippen LogP contribution in [0.5, 0.6) is 0 Å². The molecule has 16 heavy (non-hydrogen) atoms. The van der Waals surface area contributed by atoms with Crippen LogP contribution in [0.3, 0.4) is 0 Å². The monoisotopic (exact) mass is 221 g/mol. The van der Waals surface area contributed by atoms with Gasteiger partial charge in [0.25, 0.3) is 0 Å². The van der Waals surface area contributed by atoms with Crippen molar-refractivity contribution in [2.24, 2.45) is 0 Å². The molecular formula is C14H23NO. The number of amides is 1. The molecule has 1 aromatic carbocycles. The van der Waals surface area contributed by atoms with E-state index in [2.05, 4.69) is 17.4 Å². The van der Waals surface area contributed by atoms with Crippen LogP contribution in [0.15, 0.2) is 30.3 Å². The molecule has 1 fully saturated rings. The normalized spacial score (nSPS) is 17.5.